The van der Waals surface area contributed by atoms with Crippen LogP contribution in [0.1, 0.15) is 22.3 Å². The average Bonchev–Trinajstić information content (AvgIpc) is 3.24. The van der Waals surface area contributed by atoms with Gasteiger partial charge in [-0.05, 0) is 29.8 Å². The maximum absolute atomic E-state index is 12.5. The first-order valence-electron chi connectivity index (χ1n) is 9.07. The molecule has 148 valence electrons. The molecule has 0 fully saturated rings. The minimum Gasteiger partial charge on any atom is -0.497 e. The molecule has 0 saturated heterocycles. The van der Waals surface area contributed by atoms with E-state index in [-0.39, 0.29) is 23.8 Å². The molecule has 1 aliphatic rings. The summed E-state index contributed by atoms with van der Waals surface area (Å²) < 4.78 is 5.15. The van der Waals surface area contributed by atoms with E-state index in [0.29, 0.717) is 29.0 Å². The first-order valence-corrected chi connectivity index (χ1v) is 9.07. The Kier molecular flexibility index (Phi) is 6.19. The van der Waals surface area contributed by atoms with Crippen LogP contribution in [0.25, 0.3) is 0 Å². The van der Waals surface area contributed by atoms with Crippen molar-refractivity contribution in [2.24, 2.45) is 4.99 Å². The van der Waals surface area contributed by atoms with Crippen LogP contribution in [0.5, 0.6) is 5.75 Å². The number of likely N-dealkylation sites (N-methyl/N-ethyl adjacent to an activating group) is 1. The van der Waals surface area contributed by atoms with Crippen LogP contribution in [0.2, 0.25) is 0 Å². The summed E-state index contributed by atoms with van der Waals surface area (Å²) in [5.41, 5.74) is 2.43. The molecule has 0 aliphatic carbocycles. The highest BCUT2D eigenvalue weighted by molar-refractivity contribution is 6.13. The molecule has 1 heterocycles. The van der Waals surface area contributed by atoms with Crippen LogP contribution in [-0.4, -0.2) is 38.0 Å². The lowest BCUT2D eigenvalue weighted by Gasteiger charge is -2.09. The molecule has 0 radical (unpaired) electrons. The zero-order valence-corrected chi connectivity index (χ0v) is 16.2. The summed E-state index contributed by atoms with van der Waals surface area (Å²) in [5.74, 6) is -0.156. The van der Waals surface area contributed by atoms with Crippen LogP contribution in [0, 0.1) is 0 Å². The number of aliphatic imine (C=N–C) groups is 1. The van der Waals surface area contributed by atoms with E-state index in [2.05, 4.69) is 15.6 Å². The van der Waals surface area contributed by atoms with Crippen LogP contribution in [0.15, 0.2) is 64.8 Å². The molecular weight excluding hydrogens is 370 g/mol. The number of benzene rings is 2. The number of methoxy groups -OCH3 is 1. The second-order valence-corrected chi connectivity index (χ2v) is 6.41. The molecule has 2 N–H and O–H groups in total. The third-order valence-corrected chi connectivity index (χ3v) is 4.49. The molecule has 2 aromatic carbocycles. The monoisotopic (exact) mass is 391 g/mol. The lowest BCUT2D eigenvalue weighted by atomic mass is 10.0. The smallest absolute Gasteiger partial charge is 0.270 e. The molecule has 0 atom stereocenters. The Labute approximate surface area is 168 Å². The predicted octanol–water partition coefficient (Wildman–Crippen LogP) is 2.53. The van der Waals surface area contributed by atoms with Crippen LogP contribution in [0.4, 0.5) is 5.69 Å². The SMILES string of the molecule is CNC(=O)C1=C(C(=O)Nc2ccc(CC(=O)c3cccc(OC)c3)cc2)CC=N1. The van der Waals surface area contributed by atoms with Gasteiger partial charge in [0.05, 0.1) is 12.7 Å². The Morgan fingerprint density at radius 1 is 1.07 bits per heavy atom. The number of ether oxygens (including phenoxy) is 1. The highest BCUT2D eigenvalue weighted by Crippen LogP contribution is 2.20. The number of ketones is 1. The van der Waals surface area contributed by atoms with E-state index < -0.39 is 5.91 Å². The van der Waals surface area contributed by atoms with E-state index in [4.69, 9.17) is 4.74 Å². The third-order valence-electron chi connectivity index (χ3n) is 4.49. The number of carbonyl (C=O) groups excluding carboxylic acids is 3. The normalized spacial score (nSPS) is 12.6. The number of anilines is 1. The molecule has 0 bridgehead atoms. The van der Waals surface area contributed by atoms with Crippen molar-refractivity contribution in [1.29, 1.82) is 0 Å². The van der Waals surface area contributed by atoms with Crippen molar-refractivity contribution in [3.05, 3.63) is 70.9 Å². The summed E-state index contributed by atoms with van der Waals surface area (Å²) in [6.07, 6.45) is 2.08. The number of hydrogen-bond acceptors (Lipinski definition) is 5. The number of rotatable bonds is 7. The molecule has 0 unspecified atom stereocenters. The molecule has 2 amide bonds. The van der Waals surface area contributed by atoms with Crippen molar-refractivity contribution in [1.82, 2.24) is 5.32 Å². The zero-order chi connectivity index (χ0) is 20.8. The molecule has 0 saturated carbocycles. The first kappa shape index (κ1) is 20.0. The van der Waals surface area contributed by atoms with Gasteiger partial charge >= 0.3 is 0 Å². The third kappa shape index (κ3) is 4.76. The van der Waals surface area contributed by atoms with Crippen molar-refractivity contribution in [3.63, 3.8) is 0 Å². The number of carbonyl (C=O) groups is 3. The Morgan fingerprint density at radius 3 is 2.52 bits per heavy atom. The van der Waals surface area contributed by atoms with Gasteiger partial charge in [-0.25, -0.2) is 0 Å². The molecule has 2 aromatic rings. The summed E-state index contributed by atoms with van der Waals surface area (Å²) in [4.78, 5) is 40.7. The fourth-order valence-electron chi connectivity index (χ4n) is 2.91. The van der Waals surface area contributed by atoms with E-state index >= 15 is 0 Å². The van der Waals surface area contributed by atoms with Gasteiger partial charge in [0.15, 0.2) is 5.78 Å². The lowest BCUT2D eigenvalue weighted by molar-refractivity contribution is -0.118. The molecule has 7 heteroatoms. The van der Waals surface area contributed by atoms with E-state index in [1.54, 1.807) is 55.6 Å². The average molecular weight is 391 g/mol. The van der Waals surface area contributed by atoms with Gasteiger partial charge in [-0.3, -0.25) is 19.4 Å². The predicted molar refractivity (Wildman–Crippen MR) is 110 cm³/mol. The number of amides is 2. The van der Waals surface area contributed by atoms with Gasteiger partial charge in [0.25, 0.3) is 11.8 Å². The van der Waals surface area contributed by atoms with Gasteiger partial charge < -0.3 is 15.4 Å². The van der Waals surface area contributed by atoms with Gasteiger partial charge in [-0.15, -0.1) is 0 Å². The van der Waals surface area contributed by atoms with Crippen LogP contribution in [-0.2, 0) is 16.0 Å². The molecule has 0 spiro atoms. The topological polar surface area (TPSA) is 96.9 Å². The van der Waals surface area contributed by atoms with Gasteiger partial charge in [-0.2, -0.15) is 0 Å². The number of hydrogen-bond donors (Lipinski definition) is 2. The van der Waals surface area contributed by atoms with Crippen molar-refractivity contribution in [2.45, 2.75) is 12.8 Å². The maximum atomic E-state index is 12.5. The summed E-state index contributed by atoms with van der Waals surface area (Å²) in [6.45, 7) is 0. The zero-order valence-electron chi connectivity index (χ0n) is 16.2. The van der Waals surface area contributed by atoms with Gasteiger partial charge in [0.1, 0.15) is 11.4 Å². The molecule has 3 rings (SSSR count). The van der Waals surface area contributed by atoms with E-state index in [9.17, 15) is 14.4 Å². The quantitative estimate of drug-likeness (QED) is 0.709. The lowest BCUT2D eigenvalue weighted by Crippen LogP contribution is -2.23. The van der Waals surface area contributed by atoms with Gasteiger partial charge in [-0.1, -0.05) is 24.3 Å². The fourth-order valence-corrected chi connectivity index (χ4v) is 2.91. The van der Waals surface area contributed by atoms with Crippen molar-refractivity contribution >= 4 is 29.5 Å². The van der Waals surface area contributed by atoms with Crippen LogP contribution >= 0.6 is 0 Å². The molecule has 7 nitrogen and oxygen atoms in total. The first-order chi connectivity index (χ1) is 14.0. The highest BCUT2D eigenvalue weighted by atomic mass is 16.5. The van der Waals surface area contributed by atoms with Crippen molar-refractivity contribution < 1.29 is 19.1 Å². The van der Waals surface area contributed by atoms with Gasteiger partial charge in [0, 0.05) is 37.4 Å². The standard InChI is InChI=1S/C22H21N3O4/c1-23-22(28)20-18(10-11-24-20)21(27)25-16-8-6-14(7-9-16)12-19(26)15-4-3-5-17(13-15)29-2/h3-9,11,13H,10,12H2,1-2H3,(H,23,28)(H,25,27). The Hall–Kier alpha value is -3.74. The van der Waals surface area contributed by atoms with Gasteiger partial charge in [0.2, 0.25) is 0 Å². The Morgan fingerprint density at radius 2 is 1.83 bits per heavy atom. The van der Waals surface area contributed by atoms with Crippen LogP contribution < -0.4 is 15.4 Å². The molecule has 29 heavy (non-hydrogen) atoms. The minimum absolute atomic E-state index is 0.0239. The summed E-state index contributed by atoms with van der Waals surface area (Å²) in [7, 11) is 3.05. The van der Waals surface area contributed by atoms with E-state index in [1.807, 2.05) is 0 Å². The maximum Gasteiger partial charge on any atom is 0.270 e. The number of nitrogens with one attached hydrogen (secondary N) is 2. The largest absolute Gasteiger partial charge is 0.497 e. The van der Waals surface area contributed by atoms with Crippen molar-refractivity contribution in [3.8, 4) is 5.75 Å². The summed E-state index contributed by atoms with van der Waals surface area (Å²) >= 11 is 0. The highest BCUT2D eigenvalue weighted by Gasteiger charge is 2.23. The fraction of sp³-hybridized carbons (Fsp3) is 0.182. The van der Waals surface area contributed by atoms with Crippen LogP contribution in [0.3, 0.4) is 0 Å². The Balaban J connectivity index is 1.65. The second kappa shape index (κ2) is 8.97. The molecule has 1 aliphatic heterocycles. The van der Waals surface area contributed by atoms with E-state index in [0.717, 1.165) is 5.56 Å². The number of Topliss-reactive ketones (excluding diaryl/α,β-unsaturated/α-hetero) is 1. The van der Waals surface area contributed by atoms with Crippen molar-refractivity contribution in [2.75, 3.05) is 19.5 Å². The number of nitrogens with zero attached hydrogens (tertiary/aromatic N) is 1. The summed E-state index contributed by atoms with van der Waals surface area (Å²) in [5, 5.41) is 5.23. The molecular formula is C22H21N3O4. The minimum atomic E-state index is -0.393. The van der Waals surface area contributed by atoms with E-state index in [1.165, 1.54) is 13.3 Å². The molecule has 0 aromatic heterocycles. The second-order valence-electron chi connectivity index (χ2n) is 6.41. The summed E-state index contributed by atoms with van der Waals surface area (Å²) in [6, 6.07) is 14.0. The Bertz CT molecular complexity index is 1010.